The van der Waals surface area contributed by atoms with Crippen molar-refractivity contribution in [2.45, 2.75) is 32.7 Å². The Morgan fingerprint density at radius 3 is 2.64 bits per heavy atom. The van der Waals surface area contributed by atoms with Gasteiger partial charge in [0.25, 0.3) is 5.91 Å². The van der Waals surface area contributed by atoms with E-state index in [0.29, 0.717) is 6.54 Å². The average Bonchev–Trinajstić information content (AvgIpc) is 3.03. The van der Waals surface area contributed by atoms with E-state index in [9.17, 15) is 9.18 Å². The van der Waals surface area contributed by atoms with E-state index in [1.165, 1.54) is 12.1 Å². The summed E-state index contributed by atoms with van der Waals surface area (Å²) in [5, 5.41) is 2.88. The van der Waals surface area contributed by atoms with Gasteiger partial charge in [0, 0.05) is 6.54 Å². The van der Waals surface area contributed by atoms with E-state index >= 15 is 0 Å². The van der Waals surface area contributed by atoms with Crippen molar-refractivity contribution >= 4 is 5.91 Å². The lowest BCUT2D eigenvalue weighted by Crippen LogP contribution is -2.42. The second-order valence-electron chi connectivity index (χ2n) is 6.87. The molecular formula is C20H25FN2O2. The topological polar surface area (TPSA) is 45.5 Å². The minimum Gasteiger partial charge on any atom is -0.465 e. The molecule has 1 saturated heterocycles. The van der Waals surface area contributed by atoms with Crippen LogP contribution in [0.3, 0.4) is 0 Å². The molecule has 1 fully saturated rings. The van der Waals surface area contributed by atoms with Crippen molar-refractivity contribution in [1.29, 1.82) is 0 Å². The second-order valence-corrected chi connectivity index (χ2v) is 6.87. The first-order valence-electron chi connectivity index (χ1n) is 8.87. The third-order valence-corrected chi connectivity index (χ3v) is 4.92. The number of carbonyl (C=O) groups is 1. The smallest absolute Gasteiger partial charge is 0.254 e. The van der Waals surface area contributed by atoms with Crippen LogP contribution < -0.4 is 5.32 Å². The number of halogens is 1. The van der Waals surface area contributed by atoms with Gasteiger partial charge in [-0.05, 0) is 63.0 Å². The molecule has 2 heterocycles. The molecule has 1 aromatic heterocycles. The molecule has 0 saturated carbocycles. The fourth-order valence-corrected chi connectivity index (χ4v) is 3.31. The Morgan fingerprint density at radius 1 is 1.28 bits per heavy atom. The number of rotatable bonds is 5. The van der Waals surface area contributed by atoms with Gasteiger partial charge >= 0.3 is 0 Å². The number of aryl methyl sites for hydroxylation is 1. The molecule has 0 unspecified atom stereocenters. The van der Waals surface area contributed by atoms with Gasteiger partial charge in [-0.2, -0.15) is 0 Å². The van der Waals surface area contributed by atoms with E-state index in [2.05, 4.69) is 17.1 Å². The second kappa shape index (κ2) is 7.83. The van der Waals surface area contributed by atoms with Gasteiger partial charge < -0.3 is 9.73 Å². The zero-order valence-electron chi connectivity index (χ0n) is 14.8. The predicted molar refractivity (Wildman–Crippen MR) is 94.9 cm³/mol. The lowest BCUT2D eigenvalue weighted by atomic mass is 9.97. The fraction of sp³-hybridized carbons (Fsp3) is 0.450. The van der Waals surface area contributed by atoms with Crippen LogP contribution in [0.5, 0.6) is 0 Å². The van der Waals surface area contributed by atoms with Crippen LogP contribution in [0.15, 0.2) is 40.8 Å². The molecule has 134 valence electrons. The van der Waals surface area contributed by atoms with E-state index in [4.69, 9.17) is 4.42 Å². The third kappa shape index (κ3) is 4.28. The molecule has 1 atom stereocenters. The van der Waals surface area contributed by atoms with Crippen LogP contribution in [0.2, 0.25) is 0 Å². The summed E-state index contributed by atoms with van der Waals surface area (Å²) < 4.78 is 19.6. The number of furan rings is 1. The monoisotopic (exact) mass is 344 g/mol. The Morgan fingerprint density at radius 2 is 2.00 bits per heavy atom. The molecule has 0 aliphatic carbocycles. The molecule has 0 radical (unpaired) electrons. The van der Waals surface area contributed by atoms with Crippen molar-refractivity contribution in [3.05, 3.63) is 59.3 Å². The molecule has 5 heteroatoms. The van der Waals surface area contributed by atoms with Gasteiger partial charge in [0.2, 0.25) is 0 Å². The molecular weight excluding hydrogens is 319 g/mol. The van der Waals surface area contributed by atoms with Crippen LogP contribution in [0.1, 0.15) is 47.7 Å². The van der Waals surface area contributed by atoms with Gasteiger partial charge in [-0.3, -0.25) is 9.69 Å². The van der Waals surface area contributed by atoms with Crippen molar-refractivity contribution in [2.24, 2.45) is 5.92 Å². The first-order chi connectivity index (χ1) is 12.0. The number of amides is 1. The summed E-state index contributed by atoms with van der Waals surface area (Å²) in [5.41, 5.74) is 0.0733. The highest BCUT2D eigenvalue weighted by atomic mass is 19.1. The normalized spacial score (nSPS) is 17.4. The number of nitrogens with zero attached hydrogens (tertiary/aromatic N) is 1. The van der Waals surface area contributed by atoms with Gasteiger partial charge in [-0.15, -0.1) is 0 Å². The molecule has 1 aliphatic heterocycles. The Hall–Kier alpha value is -2.14. The highest BCUT2D eigenvalue weighted by Gasteiger charge is 2.27. The van der Waals surface area contributed by atoms with E-state index in [0.717, 1.165) is 43.4 Å². The average molecular weight is 344 g/mol. The van der Waals surface area contributed by atoms with Gasteiger partial charge in [0.1, 0.15) is 17.3 Å². The van der Waals surface area contributed by atoms with Crippen LogP contribution >= 0.6 is 0 Å². The van der Waals surface area contributed by atoms with Gasteiger partial charge in [0.15, 0.2) is 0 Å². The number of hydrogen-bond acceptors (Lipinski definition) is 3. The molecule has 25 heavy (non-hydrogen) atoms. The highest BCUT2D eigenvalue weighted by Crippen LogP contribution is 2.27. The Bertz CT molecular complexity index is 720. The van der Waals surface area contributed by atoms with Crippen LogP contribution in [0.4, 0.5) is 4.39 Å². The molecule has 1 amide bonds. The zero-order chi connectivity index (χ0) is 17.8. The summed E-state index contributed by atoms with van der Waals surface area (Å²) >= 11 is 0. The maximum absolute atomic E-state index is 13.8. The van der Waals surface area contributed by atoms with Crippen molar-refractivity contribution in [2.75, 3.05) is 19.6 Å². The number of piperidine rings is 1. The maximum atomic E-state index is 13.8. The standard InChI is InChI=1S/C20H25FN2O2/c1-14-9-11-23(12-10-14)18(19-8-7-15(2)25-19)13-22-20(24)16-5-3-4-6-17(16)21/h3-8,14,18H,9-13H2,1-2H3,(H,22,24)/t18-/m0/s1. The van der Waals surface area contributed by atoms with Crippen molar-refractivity contribution in [1.82, 2.24) is 10.2 Å². The Labute approximate surface area is 148 Å². The lowest BCUT2D eigenvalue weighted by molar-refractivity contribution is 0.0891. The Kier molecular flexibility index (Phi) is 5.53. The van der Waals surface area contributed by atoms with Crippen LogP contribution in [-0.4, -0.2) is 30.4 Å². The molecule has 2 aromatic rings. The largest absolute Gasteiger partial charge is 0.465 e. The van der Waals surface area contributed by atoms with Crippen molar-refractivity contribution in [3.8, 4) is 0 Å². The molecule has 0 spiro atoms. The first-order valence-corrected chi connectivity index (χ1v) is 8.87. The summed E-state index contributed by atoms with van der Waals surface area (Å²) in [6.07, 6.45) is 2.27. The van der Waals surface area contributed by atoms with E-state index in [-0.39, 0.29) is 11.6 Å². The first kappa shape index (κ1) is 17.7. The fourth-order valence-electron chi connectivity index (χ4n) is 3.31. The van der Waals surface area contributed by atoms with Crippen LogP contribution in [0.25, 0.3) is 0 Å². The summed E-state index contributed by atoms with van der Waals surface area (Å²) in [4.78, 5) is 14.7. The summed E-state index contributed by atoms with van der Waals surface area (Å²) in [5.74, 6) is 1.53. The number of benzene rings is 1. The summed E-state index contributed by atoms with van der Waals surface area (Å²) in [7, 11) is 0. The van der Waals surface area contributed by atoms with Crippen molar-refractivity contribution < 1.29 is 13.6 Å². The number of carbonyl (C=O) groups excluding carboxylic acids is 1. The molecule has 1 N–H and O–H groups in total. The predicted octanol–water partition coefficient (Wildman–Crippen LogP) is 3.93. The lowest BCUT2D eigenvalue weighted by Gasteiger charge is -2.35. The maximum Gasteiger partial charge on any atom is 0.254 e. The summed E-state index contributed by atoms with van der Waals surface area (Å²) in [6, 6.07) is 9.92. The van der Waals surface area contributed by atoms with Crippen LogP contribution in [0, 0.1) is 18.7 Å². The van der Waals surface area contributed by atoms with Gasteiger partial charge in [-0.1, -0.05) is 19.1 Å². The minimum absolute atomic E-state index is 0.0306. The van der Waals surface area contributed by atoms with Crippen LogP contribution in [-0.2, 0) is 0 Å². The third-order valence-electron chi connectivity index (χ3n) is 4.92. The quantitative estimate of drug-likeness (QED) is 0.894. The van der Waals surface area contributed by atoms with Gasteiger partial charge in [-0.25, -0.2) is 4.39 Å². The Balaban J connectivity index is 1.71. The molecule has 1 aliphatic rings. The highest BCUT2D eigenvalue weighted by molar-refractivity contribution is 5.94. The molecule has 1 aromatic carbocycles. The zero-order valence-corrected chi connectivity index (χ0v) is 14.8. The van der Waals surface area contributed by atoms with Gasteiger partial charge in [0.05, 0.1) is 11.6 Å². The number of nitrogens with one attached hydrogen (secondary N) is 1. The molecule has 4 nitrogen and oxygen atoms in total. The SMILES string of the molecule is Cc1ccc([C@H](CNC(=O)c2ccccc2F)N2CCC(C)CC2)o1. The number of hydrogen-bond donors (Lipinski definition) is 1. The number of likely N-dealkylation sites (tertiary alicyclic amines) is 1. The van der Waals surface area contributed by atoms with Crippen molar-refractivity contribution in [3.63, 3.8) is 0 Å². The summed E-state index contributed by atoms with van der Waals surface area (Å²) in [6.45, 7) is 6.52. The molecule has 3 rings (SSSR count). The van der Waals surface area contributed by atoms with E-state index in [1.54, 1.807) is 12.1 Å². The van der Waals surface area contributed by atoms with E-state index in [1.807, 2.05) is 19.1 Å². The van der Waals surface area contributed by atoms with E-state index < -0.39 is 11.7 Å². The molecule has 0 bridgehead atoms. The minimum atomic E-state index is -0.503.